The quantitative estimate of drug-likeness (QED) is 0.551. The standard InChI is InChI=1S/C17H18F2N6O2S/c1-12-20-4-5-25(12)17-9-16(22-11-23-17)21-2-3-24-28(26,27)10-13-6-14(18)8-15(19)7-13/h4-9,11,24H,2-3,10H2,1H3,(H,21,22,23). The molecule has 0 aliphatic rings. The van der Waals surface area contributed by atoms with E-state index in [0.29, 0.717) is 17.7 Å². The summed E-state index contributed by atoms with van der Waals surface area (Å²) in [5.41, 5.74) is 0.0362. The molecule has 28 heavy (non-hydrogen) atoms. The average Bonchev–Trinajstić information content (AvgIpc) is 3.04. The second kappa shape index (κ2) is 8.40. The molecule has 0 amide bonds. The lowest BCUT2D eigenvalue weighted by atomic mass is 10.2. The second-order valence-electron chi connectivity index (χ2n) is 5.96. The van der Waals surface area contributed by atoms with Crippen molar-refractivity contribution < 1.29 is 17.2 Å². The molecule has 0 fully saturated rings. The number of rotatable bonds is 8. The highest BCUT2D eigenvalue weighted by molar-refractivity contribution is 7.88. The summed E-state index contributed by atoms with van der Waals surface area (Å²) < 4.78 is 54.6. The van der Waals surface area contributed by atoms with Crippen molar-refractivity contribution in [3.8, 4) is 5.82 Å². The summed E-state index contributed by atoms with van der Waals surface area (Å²) in [5.74, 6) is -0.241. The van der Waals surface area contributed by atoms with Crippen molar-refractivity contribution >= 4 is 15.8 Å². The van der Waals surface area contributed by atoms with Crippen LogP contribution in [0.5, 0.6) is 0 Å². The topological polar surface area (TPSA) is 102 Å². The third-order valence-electron chi connectivity index (χ3n) is 3.76. The van der Waals surface area contributed by atoms with Gasteiger partial charge in [0.1, 0.15) is 35.4 Å². The molecule has 0 saturated heterocycles. The van der Waals surface area contributed by atoms with Crippen LogP contribution in [0, 0.1) is 18.6 Å². The van der Waals surface area contributed by atoms with E-state index < -0.39 is 27.4 Å². The number of hydrogen-bond donors (Lipinski definition) is 2. The molecule has 11 heteroatoms. The number of sulfonamides is 1. The molecule has 0 bridgehead atoms. The Balaban J connectivity index is 1.53. The van der Waals surface area contributed by atoms with Gasteiger partial charge in [-0.05, 0) is 24.6 Å². The summed E-state index contributed by atoms with van der Waals surface area (Å²) in [6, 6.07) is 4.37. The summed E-state index contributed by atoms with van der Waals surface area (Å²) in [7, 11) is -3.74. The number of halogens is 2. The first-order valence-corrected chi connectivity index (χ1v) is 9.96. The summed E-state index contributed by atoms with van der Waals surface area (Å²) >= 11 is 0. The number of nitrogens with zero attached hydrogens (tertiary/aromatic N) is 4. The van der Waals surface area contributed by atoms with E-state index in [2.05, 4.69) is 25.0 Å². The third-order valence-corrected chi connectivity index (χ3v) is 5.11. The van der Waals surface area contributed by atoms with E-state index in [1.54, 1.807) is 23.0 Å². The minimum absolute atomic E-state index is 0.0362. The molecule has 2 N–H and O–H groups in total. The van der Waals surface area contributed by atoms with Crippen LogP contribution in [0.15, 0.2) is 43.0 Å². The van der Waals surface area contributed by atoms with E-state index in [9.17, 15) is 17.2 Å². The summed E-state index contributed by atoms with van der Waals surface area (Å²) in [6.45, 7) is 2.17. The maximum absolute atomic E-state index is 13.2. The van der Waals surface area contributed by atoms with Gasteiger partial charge in [0.25, 0.3) is 0 Å². The zero-order valence-electron chi connectivity index (χ0n) is 14.9. The highest BCUT2D eigenvalue weighted by Crippen LogP contribution is 2.12. The predicted molar refractivity (Wildman–Crippen MR) is 99.4 cm³/mol. The molecule has 0 radical (unpaired) electrons. The normalized spacial score (nSPS) is 11.5. The Morgan fingerprint density at radius 2 is 1.79 bits per heavy atom. The zero-order chi connectivity index (χ0) is 20.1. The van der Waals surface area contributed by atoms with Crippen molar-refractivity contribution in [1.29, 1.82) is 0 Å². The Morgan fingerprint density at radius 3 is 2.46 bits per heavy atom. The zero-order valence-corrected chi connectivity index (χ0v) is 15.7. The van der Waals surface area contributed by atoms with E-state index in [4.69, 9.17) is 0 Å². The van der Waals surface area contributed by atoms with Gasteiger partial charge in [0.2, 0.25) is 10.0 Å². The van der Waals surface area contributed by atoms with Crippen LogP contribution in [0.4, 0.5) is 14.6 Å². The second-order valence-corrected chi connectivity index (χ2v) is 7.77. The highest BCUT2D eigenvalue weighted by atomic mass is 32.2. The van der Waals surface area contributed by atoms with Crippen LogP contribution in [-0.2, 0) is 15.8 Å². The molecule has 0 aliphatic heterocycles. The van der Waals surface area contributed by atoms with Crippen molar-refractivity contribution in [1.82, 2.24) is 24.2 Å². The fourth-order valence-corrected chi connectivity index (χ4v) is 3.68. The number of aryl methyl sites for hydroxylation is 1. The van der Waals surface area contributed by atoms with Crippen LogP contribution in [0.1, 0.15) is 11.4 Å². The maximum Gasteiger partial charge on any atom is 0.215 e. The molecular weight excluding hydrogens is 390 g/mol. The molecule has 3 rings (SSSR count). The summed E-state index contributed by atoms with van der Waals surface area (Å²) in [5, 5.41) is 2.99. The van der Waals surface area contributed by atoms with Crippen LogP contribution in [0.3, 0.4) is 0 Å². The van der Waals surface area contributed by atoms with Gasteiger partial charge in [-0.2, -0.15) is 0 Å². The molecule has 2 aromatic heterocycles. The Bertz CT molecular complexity index is 1050. The number of anilines is 1. The fourth-order valence-electron chi connectivity index (χ4n) is 2.56. The van der Waals surface area contributed by atoms with Crippen molar-refractivity contribution in [3.05, 3.63) is 66.0 Å². The minimum Gasteiger partial charge on any atom is -0.369 e. The van der Waals surface area contributed by atoms with Crippen LogP contribution in [-0.4, -0.2) is 41.0 Å². The van der Waals surface area contributed by atoms with E-state index in [0.717, 1.165) is 18.0 Å². The highest BCUT2D eigenvalue weighted by Gasteiger charge is 2.13. The van der Waals surface area contributed by atoms with E-state index in [1.807, 2.05) is 6.92 Å². The molecule has 0 unspecified atom stereocenters. The molecule has 0 atom stereocenters. The monoisotopic (exact) mass is 408 g/mol. The number of nitrogens with one attached hydrogen (secondary N) is 2. The van der Waals surface area contributed by atoms with Gasteiger partial charge in [-0.15, -0.1) is 0 Å². The number of imidazole rings is 1. The first-order chi connectivity index (χ1) is 13.3. The van der Waals surface area contributed by atoms with Crippen molar-refractivity contribution in [2.24, 2.45) is 0 Å². The lowest BCUT2D eigenvalue weighted by Gasteiger charge is -2.10. The van der Waals surface area contributed by atoms with Crippen molar-refractivity contribution in [2.45, 2.75) is 12.7 Å². The molecule has 0 spiro atoms. The van der Waals surface area contributed by atoms with Crippen LogP contribution in [0.25, 0.3) is 5.82 Å². The first-order valence-electron chi connectivity index (χ1n) is 8.31. The average molecular weight is 408 g/mol. The molecule has 0 aliphatic carbocycles. The van der Waals surface area contributed by atoms with Gasteiger partial charge < -0.3 is 5.32 Å². The molecule has 148 valence electrons. The van der Waals surface area contributed by atoms with E-state index in [1.165, 1.54) is 6.33 Å². The van der Waals surface area contributed by atoms with Gasteiger partial charge >= 0.3 is 0 Å². The van der Waals surface area contributed by atoms with Crippen molar-refractivity contribution in [3.63, 3.8) is 0 Å². The largest absolute Gasteiger partial charge is 0.369 e. The summed E-state index contributed by atoms with van der Waals surface area (Å²) in [4.78, 5) is 12.4. The number of aromatic nitrogens is 4. The van der Waals surface area contributed by atoms with Crippen LogP contribution >= 0.6 is 0 Å². The predicted octanol–water partition coefficient (Wildman–Crippen LogP) is 1.78. The molecular formula is C17H18F2N6O2S. The maximum atomic E-state index is 13.2. The molecule has 8 nitrogen and oxygen atoms in total. The van der Waals surface area contributed by atoms with Gasteiger partial charge in [-0.1, -0.05) is 0 Å². The summed E-state index contributed by atoms with van der Waals surface area (Å²) in [6.07, 6.45) is 4.81. The Hall–Kier alpha value is -2.92. The molecule has 0 saturated carbocycles. The Morgan fingerprint density at radius 1 is 1.04 bits per heavy atom. The van der Waals surface area contributed by atoms with Gasteiger partial charge in [-0.25, -0.2) is 36.9 Å². The molecule has 2 heterocycles. The smallest absolute Gasteiger partial charge is 0.215 e. The minimum atomic E-state index is -3.74. The Kier molecular flexibility index (Phi) is 5.95. The number of hydrogen-bond acceptors (Lipinski definition) is 6. The van der Waals surface area contributed by atoms with Gasteiger partial charge in [0.15, 0.2) is 0 Å². The lowest BCUT2D eigenvalue weighted by Crippen LogP contribution is -2.30. The molecule has 1 aromatic carbocycles. The van der Waals surface area contributed by atoms with E-state index >= 15 is 0 Å². The van der Waals surface area contributed by atoms with Gasteiger partial charge in [0, 0.05) is 37.6 Å². The van der Waals surface area contributed by atoms with Gasteiger partial charge in [0.05, 0.1) is 5.75 Å². The van der Waals surface area contributed by atoms with E-state index in [-0.39, 0.29) is 18.7 Å². The third kappa shape index (κ3) is 5.30. The number of benzene rings is 1. The van der Waals surface area contributed by atoms with Crippen LogP contribution in [0.2, 0.25) is 0 Å². The molecule has 3 aromatic rings. The fraction of sp³-hybridized carbons (Fsp3) is 0.235. The first kappa shape index (κ1) is 19.8. The van der Waals surface area contributed by atoms with Crippen LogP contribution < -0.4 is 10.0 Å². The SMILES string of the molecule is Cc1nccn1-c1cc(NCCNS(=O)(=O)Cc2cc(F)cc(F)c2)ncn1. The van der Waals surface area contributed by atoms with Gasteiger partial charge in [-0.3, -0.25) is 4.57 Å². The lowest BCUT2D eigenvalue weighted by molar-refractivity contribution is 0.575. The van der Waals surface area contributed by atoms with Crippen molar-refractivity contribution in [2.75, 3.05) is 18.4 Å². The Labute approximate surface area is 160 Å².